The van der Waals surface area contributed by atoms with Crippen LogP contribution in [0.1, 0.15) is 20.3 Å². The molecule has 1 heterocycles. The van der Waals surface area contributed by atoms with Gasteiger partial charge in [0.05, 0.1) is 0 Å². The lowest BCUT2D eigenvalue weighted by Gasteiger charge is -2.19. The maximum absolute atomic E-state index is 12.2. The van der Waals surface area contributed by atoms with Gasteiger partial charge in [-0.1, -0.05) is 37.6 Å². The first kappa shape index (κ1) is 19.6. The molecule has 1 unspecified atom stereocenters. The molecule has 134 valence electrons. The van der Waals surface area contributed by atoms with Gasteiger partial charge in [-0.05, 0) is 42.2 Å². The van der Waals surface area contributed by atoms with Crippen molar-refractivity contribution in [2.45, 2.75) is 25.9 Å². The molecule has 1 aromatic carbocycles. The Bertz CT molecular complexity index is 772. The highest BCUT2D eigenvalue weighted by molar-refractivity contribution is 7.53. The molecule has 0 radical (unpaired) electrons. The second-order valence-electron chi connectivity index (χ2n) is 6.16. The molecule has 25 heavy (non-hydrogen) atoms. The molecule has 0 fully saturated rings. The van der Waals surface area contributed by atoms with Gasteiger partial charge in [0.1, 0.15) is 11.5 Å². The van der Waals surface area contributed by atoms with Gasteiger partial charge >= 0.3 is 7.60 Å². The van der Waals surface area contributed by atoms with Gasteiger partial charge in [-0.15, -0.1) is 0 Å². The minimum absolute atomic E-state index is 0.0244. The van der Waals surface area contributed by atoms with Crippen LogP contribution >= 0.6 is 19.2 Å². The summed E-state index contributed by atoms with van der Waals surface area (Å²) >= 11 is 5.86. The fourth-order valence-electron chi connectivity index (χ4n) is 2.33. The molecule has 6 nitrogen and oxygen atoms in total. The normalized spacial score (nSPS) is 12.9. The first-order chi connectivity index (χ1) is 11.7. The highest BCUT2D eigenvalue weighted by Gasteiger charge is 2.36. The number of aromatic nitrogens is 1. The number of amides is 1. The predicted molar refractivity (Wildman–Crippen MR) is 98.6 cm³/mol. The van der Waals surface area contributed by atoms with Gasteiger partial charge in [-0.2, -0.15) is 0 Å². The summed E-state index contributed by atoms with van der Waals surface area (Å²) in [6, 6.07) is 10.6. The van der Waals surface area contributed by atoms with E-state index in [1.165, 1.54) is 0 Å². The SMILES string of the molecule is CC(C)CC(C(=O)Nc1ccc(-c2ccc(Cl)cc2)cn1)P(=O)(O)O. The number of carbonyl (C=O) groups excluding carboxylic acids is 1. The van der Waals surface area contributed by atoms with Gasteiger partial charge < -0.3 is 15.1 Å². The number of nitrogens with one attached hydrogen (secondary N) is 1. The summed E-state index contributed by atoms with van der Waals surface area (Å²) in [5.74, 6) is -0.512. The Balaban J connectivity index is 2.13. The van der Waals surface area contributed by atoms with Crippen molar-refractivity contribution in [3.05, 3.63) is 47.6 Å². The zero-order valence-electron chi connectivity index (χ0n) is 13.9. The first-order valence-electron chi connectivity index (χ1n) is 7.75. The third-order valence-corrected chi connectivity index (χ3v) is 5.10. The summed E-state index contributed by atoms with van der Waals surface area (Å²) in [6.45, 7) is 3.60. The number of hydrogen-bond donors (Lipinski definition) is 3. The largest absolute Gasteiger partial charge is 0.337 e. The van der Waals surface area contributed by atoms with E-state index in [-0.39, 0.29) is 18.2 Å². The van der Waals surface area contributed by atoms with Crippen molar-refractivity contribution in [1.82, 2.24) is 4.98 Å². The standard InChI is InChI=1S/C17H20ClN2O4P/c1-11(2)9-15(25(22,23)24)17(21)20-16-8-5-13(10-19-16)12-3-6-14(18)7-4-12/h3-8,10-11,15H,9H2,1-2H3,(H,19,20,21)(H2,22,23,24). The fraction of sp³-hybridized carbons (Fsp3) is 0.294. The van der Waals surface area contributed by atoms with Crippen molar-refractivity contribution >= 4 is 30.9 Å². The molecule has 8 heteroatoms. The van der Waals surface area contributed by atoms with Crippen LogP contribution in [-0.2, 0) is 9.36 Å². The topological polar surface area (TPSA) is 99.5 Å². The highest BCUT2D eigenvalue weighted by atomic mass is 35.5. The Morgan fingerprint density at radius 1 is 1.16 bits per heavy atom. The van der Waals surface area contributed by atoms with Crippen LogP contribution in [0, 0.1) is 5.92 Å². The lowest BCUT2D eigenvalue weighted by atomic mass is 10.1. The van der Waals surface area contributed by atoms with Crippen molar-refractivity contribution in [1.29, 1.82) is 0 Å². The Kier molecular flexibility index (Phi) is 6.36. The zero-order valence-corrected chi connectivity index (χ0v) is 15.5. The number of carbonyl (C=O) groups is 1. The number of nitrogens with zero attached hydrogens (tertiary/aromatic N) is 1. The van der Waals surface area contributed by atoms with Gasteiger partial charge in [0.15, 0.2) is 0 Å². The third-order valence-electron chi connectivity index (χ3n) is 3.60. The fourth-order valence-corrected chi connectivity index (χ4v) is 3.53. The van der Waals surface area contributed by atoms with E-state index in [0.29, 0.717) is 5.02 Å². The van der Waals surface area contributed by atoms with Crippen LogP contribution in [0.2, 0.25) is 5.02 Å². The average Bonchev–Trinajstić information content (AvgIpc) is 2.53. The van der Waals surface area contributed by atoms with E-state index >= 15 is 0 Å². The summed E-state index contributed by atoms with van der Waals surface area (Å²) in [7, 11) is -4.54. The zero-order chi connectivity index (χ0) is 18.6. The molecule has 0 spiro atoms. The number of rotatable bonds is 6. The molecule has 2 rings (SSSR count). The maximum Gasteiger partial charge on any atom is 0.337 e. The summed E-state index contributed by atoms with van der Waals surface area (Å²) < 4.78 is 11.6. The van der Waals surface area contributed by atoms with Crippen molar-refractivity contribution < 1.29 is 19.1 Å². The monoisotopic (exact) mass is 382 g/mol. The molecule has 0 bridgehead atoms. The van der Waals surface area contributed by atoms with Crippen LogP contribution in [0.4, 0.5) is 5.82 Å². The molecule has 0 aliphatic rings. The summed E-state index contributed by atoms with van der Waals surface area (Å²) in [4.78, 5) is 35.2. The number of halogens is 1. The van der Waals surface area contributed by atoms with E-state index < -0.39 is 19.2 Å². The number of anilines is 1. The lowest BCUT2D eigenvalue weighted by molar-refractivity contribution is -0.116. The molecule has 1 atom stereocenters. The van der Waals surface area contributed by atoms with E-state index in [1.807, 2.05) is 12.1 Å². The van der Waals surface area contributed by atoms with Gasteiger partial charge in [0.25, 0.3) is 0 Å². The van der Waals surface area contributed by atoms with Crippen LogP contribution in [0.25, 0.3) is 11.1 Å². The lowest BCUT2D eigenvalue weighted by Crippen LogP contribution is -2.29. The maximum atomic E-state index is 12.2. The average molecular weight is 383 g/mol. The molecule has 0 aliphatic carbocycles. The van der Waals surface area contributed by atoms with E-state index in [2.05, 4.69) is 10.3 Å². The summed E-state index contributed by atoms with van der Waals surface area (Å²) in [6.07, 6.45) is 1.67. The molecule has 3 N–H and O–H groups in total. The van der Waals surface area contributed by atoms with Crippen molar-refractivity contribution in [2.75, 3.05) is 5.32 Å². The molecule has 0 saturated heterocycles. The van der Waals surface area contributed by atoms with Gasteiger partial charge in [0.2, 0.25) is 5.91 Å². The van der Waals surface area contributed by atoms with Crippen molar-refractivity contribution in [2.24, 2.45) is 5.92 Å². The minimum Gasteiger partial charge on any atom is -0.324 e. The number of hydrogen-bond acceptors (Lipinski definition) is 3. The number of benzene rings is 1. The number of pyridine rings is 1. The van der Waals surface area contributed by atoms with Crippen LogP contribution in [0.3, 0.4) is 0 Å². The van der Waals surface area contributed by atoms with Crippen LogP contribution < -0.4 is 5.32 Å². The predicted octanol–water partition coefficient (Wildman–Crippen LogP) is 3.93. The minimum atomic E-state index is -4.54. The Labute approximate surface area is 151 Å². The van der Waals surface area contributed by atoms with E-state index in [4.69, 9.17) is 11.6 Å². The van der Waals surface area contributed by atoms with Crippen LogP contribution in [0.15, 0.2) is 42.6 Å². The van der Waals surface area contributed by atoms with Crippen LogP contribution in [-0.4, -0.2) is 26.3 Å². The second-order valence-corrected chi connectivity index (χ2v) is 8.40. The van der Waals surface area contributed by atoms with Crippen molar-refractivity contribution in [3.8, 4) is 11.1 Å². The second kappa shape index (κ2) is 8.11. The summed E-state index contributed by atoms with van der Waals surface area (Å²) in [5, 5.41) is 3.11. The van der Waals surface area contributed by atoms with Gasteiger partial charge in [0, 0.05) is 16.8 Å². The van der Waals surface area contributed by atoms with Crippen LogP contribution in [0.5, 0.6) is 0 Å². The van der Waals surface area contributed by atoms with E-state index in [1.54, 1.807) is 44.3 Å². The Hall–Kier alpha value is -1.72. The molecule has 0 aliphatic heterocycles. The van der Waals surface area contributed by atoms with Gasteiger partial charge in [-0.25, -0.2) is 4.98 Å². The molecular weight excluding hydrogens is 363 g/mol. The smallest absolute Gasteiger partial charge is 0.324 e. The quantitative estimate of drug-likeness (QED) is 0.657. The summed E-state index contributed by atoms with van der Waals surface area (Å²) in [5.41, 5.74) is 0.372. The molecule has 1 amide bonds. The molecule has 1 aromatic heterocycles. The van der Waals surface area contributed by atoms with Crippen molar-refractivity contribution in [3.63, 3.8) is 0 Å². The van der Waals surface area contributed by atoms with Gasteiger partial charge in [-0.3, -0.25) is 9.36 Å². The first-order valence-corrected chi connectivity index (χ1v) is 9.81. The Morgan fingerprint density at radius 2 is 1.76 bits per heavy atom. The molecule has 2 aromatic rings. The third kappa shape index (κ3) is 5.65. The Morgan fingerprint density at radius 3 is 2.24 bits per heavy atom. The highest BCUT2D eigenvalue weighted by Crippen LogP contribution is 2.44. The molecule has 0 saturated carbocycles. The van der Waals surface area contributed by atoms with E-state index in [9.17, 15) is 19.1 Å². The molecular formula is C17H20ClN2O4P. The van der Waals surface area contributed by atoms with E-state index in [0.717, 1.165) is 11.1 Å².